The molecule has 0 radical (unpaired) electrons. The van der Waals surface area contributed by atoms with Crippen molar-refractivity contribution in [2.75, 3.05) is 51.3 Å². The first-order chi connectivity index (χ1) is 15.7. The fourth-order valence-electron chi connectivity index (χ4n) is 4.13. The highest BCUT2D eigenvalue weighted by atomic mass is 32.1. The zero-order chi connectivity index (χ0) is 21.9. The summed E-state index contributed by atoms with van der Waals surface area (Å²) < 4.78 is 6.60. The predicted molar refractivity (Wildman–Crippen MR) is 131 cm³/mol. The number of nitrogens with one attached hydrogen (secondary N) is 1. The third-order valence-electron chi connectivity index (χ3n) is 5.96. The van der Waals surface area contributed by atoms with Crippen LogP contribution >= 0.6 is 11.3 Å². The van der Waals surface area contributed by atoms with Crippen LogP contribution in [0.4, 0.5) is 5.13 Å². The number of fused-ring (bicyclic) bond motifs is 2. The number of para-hydroxylation sites is 1. The van der Waals surface area contributed by atoms with Crippen molar-refractivity contribution >= 4 is 43.4 Å². The highest BCUT2D eigenvalue weighted by molar-refractivity contribution is 7.22. The van der Waals surface area contributed by atoms with Crippen LogP contribution in [0.3, 0.4) is 0 Å². The molecule has 3 aromatic carbocycles. The molecule has 5 rings (SSSR count). The maximum atomic E-state index is 12.5. The van der Waals surface area contributed by atoms with Crippen molar-refractivity contribution in [3.8, 4) is 5.75 Å². The SMILES string of the molecule is COc1cccc2sc(N3CCN(CCNC(=O)c4ccc5ccccc5c4)CC3)nc12. The number of aromatic nitrogens is 1. The highest BCUT2D eigenvalue weighted by Crippen LogP contribution is 2.34. The van der Waals surface area contributed by atoms with Gasteiger partial charge < -0.3 is 15.0 Å². The number of rotatable bonds is 6. The summed E-state index contributed by atoms with van der Waals surface area (Å²) in [6, 6.07) is 20.0. The Bertz CT molecular complexity index is 1250. The maximum Gasteiger partial charge on any atom is 0.251 e. The number of nitrogens with zero attached hydrogens (tertiary/aromatic N) is 3. The number of anilines is 1. The molecule has 7 heteroatoms. The fourth-order valence-corrected chi connectivity index (χ4v) is 5.17. The number of thiazole rings is 1. The summed E-state index contributed by atoms with van der Waals surface area (Å²) in [6.07, 6.45) is 0. The molecule has 6 nitrogen and oxygen atoms in total. The first-order valence-corrected chi connectivity index (χ1v) is 11.7. The summed E-state index contributed by atoms with van der Waals surface area (Å²) in [7, 11) is 1.69. The van der Waals surface area contributed by atoms with Crippen molar-refractivity contribution in [1.82, 2.24) is 15.2 Å². The molecule has 1 saturated heterocycles. The molecule has 1 amide bonds. The topological polar surface area (TPSA) is 57.7 Å². The monoisotopic (exact) mass is 446 g/mol. The summed E-state index contributed by atoms with van der Waals surface area (Å²) in [4.78, 5) is 22.1. The molecule has 164 valence electrons. The lowest BCUT2D eigenvalue weighted by atomic mass is 10.1. The largest absolute Gasteiger partial charge is 0.494 e. The van der Waals surface area contributed by atoms with Crippen molar-refractivity contribution < 1.29 is 9.53 Å². The van der Waals surface area contributed by atoms with Gasteiger partial charge in [0.2, 0.25) is 0 Å². The molecule has 1 aromatic heterocycles. The Morgan fingerprint density at radius 2 is 1.84 bits per heavy atom. The molecule has 32 heavy (non-hydrogen) atoms. The van der Waals surface area contributed by atoms with Crippen LogP contribution in [0, 0.1) is 0 Å². The van der Waals surface area contributed by atoms with E-state index < -0.39 is 0 Å². The average molecular weight is 447 g/mol. The molecular formula is C25H26N4O2S. The number of carbonyl (C=O) groups excluding carboxylic acids is 1. The summed E-state index contributed by atoms with van der Waals surface area (Å²) in [5.74, 6) is 0.809. The van der Waals surface area contributed by atoms with Crippen molar-refractivity contribution in [1.29, 1.82) is 0 Å². The normalized spacial score (nSPS) is 14.7. The Morgan fingerprint density at radius 3 is 2.66 bits per heavy atom. The molecule has 2 heterocycles. The second kappa shape index (κ2) is 9.14. The average Bonchev–Trinajstić information content (AvgIpc) is 3.28. The lowest BCUT2D eigenvalue weighted by Gasteiger charge is -2.34. The lowest BCUT2D eigenvalue weighted by molar-refractivity contribution is 0.0948. The molecule has 0 bridgehead atoms. The number of ether oxygens (including phenoxy) is 1. The van der Waals surface area contributed by atoms with Gasteiger partial charge in [-0.3, -0.25) is 9.69 Å². The molecule has 1 aliphatic heterocycles. The van der Waals surface area contributed by atoms with Crippen LogP contribution < -0.4 is 15.0 Å². The summed E-state index contributed by atoms with van der Waals surface area (Å²) in [5.41, 5.74) is 1.65. The van der Waals surface area contributed by atoms with E-state index in [4.69, 9.17) is 9.72 Å². The van der Waals surface area contributed by atoms with Crippen molar-refractivity contribution in [2.24, 2.45) is 0 Å². The van der Waals surface area contributed by atoms with E-state index in [1.807, 2.05) is 48.5 Å². The Morgan fingerprint density at radius 1 is 1.03 bits per heavy atom. The van der Waals surface area contributed by atoms with Gasteiger partial charge in [0, 0.05) is 44.8 Å². The molecule has 0 saturated carbocycles. The predicted octanol–water partition coefficient (Wildman–Crippen LogP) is 4.01. The number of piperazine rings is 1. The van der Waals surface area contributed by atoms with E-state index in [9.17, 15) is 4.79 Å². The minimum absolute atomic E-state index is 0.0159. The zero-order valence-corrected chi connectivity index (χ0v) is 18.9. The minimum atomic E-state index is -0.0159. The van der Waals surface area contributed by atoms with Crippen LogP contribution in [-0.4, -0.2) is 62.2 Å². The van der Waals surface area contributed by atoms with Crippen molar-refractivity contribution in [2.45, 2.75) is 0 Å². The standard InChI is InChI=1S/C25H26N4O2S/c1-31-21-7-4-8-22-23(21)27-25(32-22)29-15-13-28(14-16-29)12-11-26-24(30)20-10-9-18-5-2-3-6-19(18)17-20/h2-10,17H,11-16H2,1H3,(H,26,30). The number of benzene rings is 3. The smallest absolute Gasteiger partial charge is 0.251 e. The van der Waals surface area contributed by atoms with Crippen molar-refractivity contribution in [3.05, 3.63) is 66.2 Å². The van der Waals surface area contributed by atoms with Gasteiger partial charge in [0.1, 0.15) is 11.3 Å². The highest BCUT2D eigenvalue weighted by Gasteiger charge is 2.20. The van der Waals surface area contributed by atoms with E-state index in [0.29, 0.717) is 12.1 Å². The summed E-state index contributed by atoms with van der Waals surface area (Å²) in [5, 5.41) is 6.35. The molecule has 0 atom stereocenters. The van der Waals surface area contributed by atoms with Gasteiger partial charge in [-0.1, -0.05) is 47.7 Å². The Hall–Kier alpha value is -3.16. The van der Waals surface area contributed by atoms with Crippen LogP contribution in [0.15, 0.2) is 60.7 Å². The van der Waals surface area contributed by atoms with E-state index in [-0.39, 0.29) is 5.91 Å². The number of hydrogen-bond donors (Lipinski definition) is 1. The molecule has 0 aliphatic carbocycles. The van der Waals surface area contributed by atoms with Crippen molar-refractivity contribution in [3.63, 3.8) is 0 Å². The van der Waals surface area contributed by atoms with Gasteiger partial charge in [0.15, 0.2) is 5.13 Å². The van der Waals surface area contributed by atoms with Crippen LogP contribution in [-0.2, 0) is 0 Å². The quantitative estimate of drug-likeness (QED) is 0.485. The second-order valence-corrected chi connectivity index (χ2v) is 8.96. The van der Waals surface area contributed by atoms with Gasteiger partial charge in [-0.15, -0.1) is 0 Å². The van der Waals surface area contributed by atoms with Crippen LogP contribution in [0.5, 0.6) is 5.75 Å². The molecule has 1 aliphatic rings. The zero-order valence-electron chi connectivity index (χ0n) is 18.1. The van der Waals surface area contributed by atoms with Crippen LogP contribution in [0.25, 0.3) is 21.0 Å². The first-order valence-electron chi connectivity index (χ1n) is 10.9. The van der Waals surface area contributed by atoms with Gasteiger partial charge >= 0.3 is 0 Å². The van der Waals surface area contributed by atoms with Crippen LogP contribution in [0.2, 0.25) is 0 Å². The number of amides is 1. The molecule has 0 spiro atoms. The van der Waals surface area contributed by atoms with E-state index in [1.54, 1.807) is 18.4 Å². The Labute approximate surface area is 191 Å². The maximum absolute atomic E-state index is 12.5. The van der Waals surface area contributed by atoms with Crippen LogP contribution in [0.1, 0.15) is 10.4 Å². The van der Waals surface area contributed by atoms with E-state index in [2.05, 4.69) is 27.2 Å². The Kier molecular flexibility index (Phi) is 5.92. The minimum Gasteiger partial charge on any atom is -0.494 e. The van der Waals surface area contributed by atoms with Gasteiger partial charge in [-0.2, -0.15) is 0 Å². The molecule has 1 fully saturated rings. The summed E-state index contributed by atoms with van der Waals surface area (Å²) in [6.45, 7) is 5.27. The lowest BCUT2D eigenvalue weighted by Crippen LogP contribution is -2.48. The second-order valence-electron chi connectivity index (χ2n) is 7.95. The van der Waals surface area contributed by atoms with Gasteiger partial charge in [-0.25, -0.2) is 4.98 Å². The van der Waals surface area contributed by atoms with E-state index >= 15 is 0 Å². The van der Waals surface area contributed by atoms with Gasteiger partial charge in [0.25, 0.3) is 5.91 Å². The fraction of sp³-hybridized carbons (Fsp3) is 0.280. The third-order valence-corrected chi connectivity index (χ3v) is 7.04. The number of methoxy groups -OCH3 is 1. The molecular weight excluding hydrogens is 420 g/mol. The van der Waals surface area contributed by atoms with Gasteiger partial charge in [-0.05, 0) is 35.0 Å². The molecule has 1 N–H and O–H groups in total. The number of hydrogen-bond acceptors (Lipinski definition) is 6. The number of carbonyl (C=O) groups is 1. The summed E-state index contributed by atoms with van der Waals surface area (Å²) >= 11 is 1.71. The third kappa shape index (κ3) is 4.26. The molecule has 0 unspecified atom stereocenters. The first kappa shape index (κ1) is 20.7. The van der Waals surface area contributed by atoms with Gasteiger partial charge in [0.05, 0.1) is 11.8 Å². The molecule has 4 aromatic rings. The Balaban J connectivity index is 1.12. The van der Waals surface area contributed by atoms with E-state index in [0.717, 1.165) is 64.6 Å². The van der Waals surface area contributed by atoms with E-state index in [1.165, 1.54) is 0 Å².